The third-order valence-corrected chi connectivity index (χ3v) is 3.03. The zero-order chi connectivity index (χ0) is 14.1. The van der Waals surface area contributed by atoms with Gasteiger partial charge in [0.1, 0.15) is 11.7 Å². The summed E-state index contributed by atoms with van der Waals surface area (Å²) in [5, 5.41) is 19.8. The van der Waals surface area contributed by atoms with Gasteiger partial charge in [-0.1, -0.05) is 12.1 Å². The van der Waals surface area contributed by atoms with Crippen LogP contribution in [-0.4, -0.2) is 21.2 Å². The van der Waals surface area contributed by atoms with Gasteiger partial charge in [0, 0.05) is 11.6 Å². The van der Waals surface area contributed by atoms with Gasteiger partial charge in [-0.3, -0.25) is 4.98 Å². The molecule has 100 valence electrons. The van der Waals surface area contributed by atoms with E-state index in [9.17, 15) is 9.90 Å². The van der Waals surface area contributed by atoms with Gasteiger partial charge in [-0.05, 0) is 35.9 Å². The molecule has 3 rings (SSSR count). The molecule has 5 nitrogen and oxygen atoms in total. The SMILES string of the molecule is O=C(O)c1cc2cc(C(O)c3ccccn3)ccc2o1. The number of benzene rings is 1. The van der Waals surface area contributed by atoms with Crippen molar-refractivity contribution >= 4 is 16.9 Å². The highest BCUT2D eigenvalue weighted by Gasteiger charge is 2.15. The third-order valence-electron chi connectivity index (χ3n) is 3.03. The molecule has 5 heteroatoms. The highest BCUT2D eigenvalue weighted by atomic mass is 16.4. The highest BCUT2D eigenvalue weighted by molar-refractivity contribution is 5.91. The number of rotatable bonds is 3. The zero-order valence-corrected chi connectivity index (χ0v) is 10.4. The van der Waals surface area contributed by atoms with Crippen molar-refractivity contribution < 1.29 is 19.4 Å². The maximum atomic E-state index is 10.9. The Labute approximate surface area is 114 Å². The van der Waals surface area contributed by atoms with E-state index in [-0.39, 0.29) is 5.76 Å². The Hall–Kier alpha value is -2.66. The van der Waals surface area contributed by atoms with E-state index in [1.807, 2.05) is 0 Å². The number of aliphatic hydroxyl groups is 1. The molecule has 1 unspecified atom stereocenters. The van der Waals surface area contributed by atoms with Crippen LogP contribution in [0.25, 0.3) is 11.0 Å². The Morgan fingerprint density at radius 1 is 1.20 bits per heavy atom. The van der Waals surface area contributed by atoms with E-state index in [1.54, 1.807) is 42.6 Å². The summed E-state index contributed by atoms with van der Waals surface area (Å²) in [6.07, 6.45) is 0.751. The van der Waals surface area contributed by atoms with Crippen LogP contribution in [0.5, 0.6) is 0 Å². The molecule has 1 atom stereocenters. The van der Waals surface area contributed by atoms with Crippen molar-refractivity contribution in [2.45, 2.75) is 6.10 Å². The monoisotopic (exact) mass is 269 g/mol. The Bertz CT molecular complexity index is 764. The Kier molecular flexibility index (Phi) is 2.96. The first-order valence-corrected chi connectivity index (χ1v) is 6.01. The van der Waals surface area contributed by atoms with E-state index in [0.717, 1.165) is 0 Å². The van der Waals surface area contributed by atoms with Crippen LogP contribution >= 0.6 is 0 Å². The smallest absolute Gasteiger partial charge is 0.371 e. The van der Waals surface area contributed by atoms with Gasteiger partial charge >= 0.3 is 5.97 Å². The molecule has 2 aromatic heterocycles. The first-order chi connectivity index (χ1) is 9.65. The molecule has 0 amide bonds. The predicted octanol–water partition coefficient (Wildman–Crippen LogP) is 2.61. The first-order valence-electron chi connectivity index (χ1n) is 6.01. The molecule has 3 aromatic rings. The number of nitrogens with zero attached hydrogens (tertiary/aromatic N) is 1. The zero-order valence-electron chi connectivity index (χ0n) is 10.4. The van der Waals surface area contributed by atoms with E-state index in [1.165, 1.54) is 6.07 Å². The largest absolute Gasteiger partial charge is 0.475 e. The van der Waals surface area contributed by atoms with Crippen LogP contribution in [0.4, 0.5) is 0 Å². The van der Waals surface area contributed by atoms with Crippen molar-refractivity contribution in [2.24, 2.45) is 0 Å². The lowest BCUT2D eigenvalue weighted by Gasteiger charge is -2.09. The summed E-state index contributed by atoms with van der Waals surface area (Å²) in [7, 11) is 0. The number of fused-ring (bicyclic) bond motifs is 1. The molecule has 2 heterocycles. The maximum Gasteiger partial charge on any atom is 0.371 e. The molecule has 0 saturated heterocycles. The average molecular weight is 269 g/mol. The molecule has 0 bridgehead atoms. The lowest BCUT2D eigenvalue weighted by atomic mass is 10.0. The summed E-state index contributed by atoms with van der Waals surface area (Å²) >= 11 is 0. The molecule has 0 radical (unpaired) electrons. The second-order valence-corrected chi connectivity index (χ2v) is 4.37. The number of carboxylic acid groups (broad SMARTS) is 1. The summed E-state index contributed by atoms with van der Waals surface area (Å²) in [5.41, 5.74) is 1.64. The van der Waals surface area contributed by atoms with Gasteiger partial charge < -0.3 is 14.6 Å². The number of aliphatic hydroxyl groups excluding tert-OH is 1. The fourth-order valence-corrected chi connectivity index (χ4v) is 2.05. The molecular weight excluding hydrogens is 258 g/mol. The molecule has 0 aliphatic heterocycles. The van der Waals surface area contributed by atoms with E-state index in [2.05, 4.69) is 4.98 Å². The van der Waals surface area contributed by atoms with Gasteiger partial charge in [-0.25, -0.2) is 4.79 Å². The molecule has 0 aliphatic rings. The van der Waals surface area contributed by atoms with Crippen molar-refractivity contribution in [2.75, 3.05) is 0 Å². The van der Waals surface area contributed by atoms with Crippen LogP contribution in [-0.2, 0) is 0 Å². The topological polar surface area (TPSA) is 83.6 Å². The van der Waals surface area contributed by atoms with Crippen LogP contribution in [0.2, 0.25) is 0 Å². The van der Waals surface area contributed by atoms with Gasteiger partial charge in [0.05, 0.1) is 5.69 Å². The van der Waals surface area contributed by atoms with Crippen molar-refractivity contribution in [1.82, 2.24) is 4.98 Å². The summed E-state index contributed by atoms with van der Waals surface area (Å²) < 4.78 is 5.17. The number of carbonyl (C=O) groups is 1. The summed E-state index contributed by atoms with van der Waals surface area (Å²) in [5.74, 6) is -1.24. The Morgan fingerprint density at radius 2 is 2.05 bits per heavy atom. The lowest BCUT2D eigenvalue weighted by molar-refractivity contribution is 0.0665. The Balaban J connectivity index is 2.02. The number of furan rings is 1. The van der Waals surface area contributed by atoms with Gasteiger partial charge in [0.25, 0.3) is 0 Å². The molecule has 0 fully saturated rings. The van der Waals surface area contributed by atoms with Gasteiger partial charge in [-0.15, -0.1) is 0 Å². The predicted molar refractivity (Wildman–Crippen MR) is 71.5 cm³/mol. The molecule has 20 heavy (non-hydrogen) atoms. The maximum absolute atomic E-state index is 10.9. The summed E-state index contributed by atoms with van der Waals surface area (Å²) in [6, 6.07) is 11.8. The van der Waals surface area contributed by atoms with Crippen LogP contribution in [0, 0.1) is 0 Å². The first kappa shape index (κ1) is 12.4. The van der Waals surface area contributed by atoms with E-state index in [4.69, 9.17) is 9.52 Å². The van der Waals surface area contributed by atoms with Gasteiger partial charge in [0.2, 0.25) is 5.76 Å². The molecule has 0 spiro atoms. The normalized spacial score (nSPS) is 12.4. The van der Waals surface area contributed by atoms with Gasteiger partial charge in [0.15, 0.2) is 0 Å². The lowest BCUT2D eigenvalue weighted by Crippen LogP contribution is -2.01. The minimum atomic E-state index is -1.12. The summed E-state index contributed by atoms with van der Waals surface area (Å²) in [6.45, 7) is 0. The fourth-order valence-electron chi connectivity index (χ4n) is 2.05. The molecular formula is C15H11NO4. The number of pyridine rings is 1. The second kappa shape index (κ2) is 4.79. The highest BCUT2D eigenvalue weighted by Crippen LogP contribution is 2.26. The molecule has 1 aromatic carbocycles. The average Bonchev–Trinajstić information content (AvgIpc) is 2.90. The number of hydrogen-bond acceptors (Lipinski definition) is 4. The molecule has 2 N–H and O–H groups in total. The second-order valence-electron chi connectivity index (χ2n) is 4.37. The van der Waals surface area contributed by atoms with Crippen molar-refractivity contribution in [3.8, 4) is 0 Å². The van der Waals surface area contributed by atoms with Crippen LogP contribution < -0.4 is 0 Å². The Morgan fingerprint density at radius 3 is 2.75 bits per heavy atom. The number of carboxylic acids is 1. The van der Waals surface area contributed by atoms with Crippen molar-refractivity contribution in [1.29, 1.82) is 0 Å². The minimum Gasteiger partial charge on any atom is -0.475 e. The fraction of sp³-hybridized carbons (Fsp3) is 0.0667. The quantitative estimate of drug-likeness (QED) is 0.763. The summed E-state index contributed by atoms with van der Waals surface area (Å²) in [4.78, 5) is 15.0. The van der Waals surface area contributed by atoms with Crippen molar-refractivity contribution in [3.05, 3.63) is 65.7 Å². The standard InChI is InChI=1S/C15H11NO4/c17-14(11-3-1-2-6-16-11)9-4-5-12-10(7-9)8-13(20-12)15(18)19/h1-8,14,17H,(H,18,19). The van der Waals surface area contributed by atoms with Crippen LogP contribution in [0.15, 0.2) is 53.1 Å². The van der Waals surface area contributed by atoms with E-state index < -0.39 is 12.1 Å². The number of hydrogen-bond donors (Lipinski definition) is 2. The minimum absolute atomic E-state index is 0.121. The van der Waals surface area contributed by atoms with Crippen LogP contribution in [0.3, 0.4) is 0 Å². The number of aromatic nitrogens is 1. The van der Waals surface area contributed by atoms with Crippen LogP contribution in [0.1, 0.15) is 27.9 Å². The van der Waals surface area contributed by atoms with Crippen molar-refractivity contribution in [3.63, 3.8) is 0 Å². The molecule has 0 saturated carbocycles. The number of aromatic carboxylic acids is 1. The van der Waals surface area contributed by atoms with E-state index >= 15 is 0 Å². The van der Waals surface area contributed by atoms with E-state index in [0.29, 0.717) is 22.2 Å². The van der Waals surface area contributed by atoms with Gasteiger partial charge in [-0.2, -0.15) is 0 Å². The third kappa shape index (κ3) is 2.15. The molecule has 0 aliphatic carbocycles.